The van der Waals surface area contributed by atoms with E-state index in [9.17, 15) is 14.4 Å². The summed E-state index contributed by atoms with van der Waals surface area (Å²) in [5.74, 6) is -1.42. The fraction of sp³-hybridized carbons (Fsp3) is 0.533. The Morgan fingerprint density at radius 2 is 1.95 bits per heavy atom. The van der Waals surface area contributed by atoms with E-state index in [4.69, 9.17) is 4.74 Å². The van der Waals surface area contributed by atoms with Crippen molar-refractivity contribution in [2.24, 2.45) is 5.92 Å². The Morgan fingerprint density at radius 1 is 1.33 bits per heavy atom. The van der Waals surface area contributed by atoms with Gasteiger partial charge in [-0.3, -0.25) is 9.59 Å². The van der Waals surface area contributed by atoms with Crippen molar-refractivity contribution in [3.8, 4) is 0 Å². The second-order valence-corrected chi connectivity index (χ2v) is 5.75. The number of rotatable bonds is 3. The molecule has 2 unspecified atom stereocenters. The molecule has 1 rings (SSSR count). The number of ketones is 1. The highest BCUT2D eigenvalue weighted by Gasteiger charge is 2.32. The van der Waals surface area contributed by atoms with Crippen LogP contribution in [-0.2, 0) is 19.1 Å². The van der Waals surface area contributed by atoms with Gasteiger partial charge in [-0.05, 0) is 39.3 Å². The average Bonchev–Trinajstić information content (AvgIpc) is 2.37. The number of hydrogen-bond donors (Lipinski definition) is 1. The molecule has 0 saturated heterocycles. The lowest BCUT2D eigenvalue weighted by atomic mass is 9.88. The van der Waals surface area contributed by atoms with Gasteiger partial charge in [-0.2, -0.15) is 0 Å². The van der Waals surface area contributed by atoms with Gasteiger partial charge in [0.2, 0.25) is 0 Å². The smallest absolute Gasteiger partial charge is 0.408 e. The molecule has 0 spiro atoms. The van der Waals surface area contributed by atoms with E-state index >= 15 is 0 Å². The number of carbonyl (C=O) groups excluding carboxylic acids is 3. The molecular formula is C15H21NO5. The van der Waals surface area contributed by atoms with Gasteiger partial charge in [-0.25, -0.2) is 4.79 Å². The molecule has 0 aromatic rings. The molecule has 1 aliphatic carbocycles. The first-order valence-corrected chi connectivity index (χ1v) is 6.65. The van der Waals surface area contributed by atoms with Gasteiger partial charge in [-0.15, -0.1) is 0 Å². The highest BCUT2D eigenvalue weighted by molar-refractivity contribution is 6.01. The summed E-state index contributed by atoms with van der Waals surface area (Å²) < 4.78 is 9.81. The first-order valence-electron chi connectivity index (χ1n) is 6.65. The third-order valence-electron chi connectivity index (χ3n) is 2.88. The number of esters is 1. The largest absolute Gasteiger partial charge is 0.469 e. The quantitative estimate of drug-likeness (QED) is 0.802. The molecule has 0 aromatic carbocycles. The van der Waals surface area contributed by atoms with E-state index in [0.717, 1.165) is 0 Å². The summed E-state index contributed by atoms with van der Waals surface area (Å²) in [4.78, 5) is 35.4. The molecule has 0 saturated carbocycles. The Labute approximate surface area is 124 Å². The molecule has 6 nitrogen and oxygen atoms in total. The van der Waals surface area contributed by atoms with Gasteiger partial charge in [0.1, 0.15) is 11.6 Å². The predicted molar refractivity (Wildman–Crippen MR) is 76.6 cm³/mol. The fourth-order valence-corrected chi connectivity index (χ4v) is 1.90. The number of methoxy groups -OCH3 is 1. The molecule has 116 valence electrons. The monoisotopic (exact) mass is 295 g/mol. The lowest BCUT2D eigenvalue weighted by Gasteiger charge is -2.27. The van der Waals surface area contributed by atoms with Crippen molar-refractivity contribution in [2.45, 2.75) is 39.3 Å². The van der Waals surface area contributed by atoms with E-state index in [1.54, 1.807) is 39.8 Å². The minimum atomic E-state index is -0.918. The molecule has 0 heterocycles. The lowest BCUT2D eigenvalue weighted by molar-refractivity contribution is -0.143. The van der Waals surface area contributed by atoms with Crippen molar-refractivity contribution in [3.05, 3.63) is 23.8 Å². The van der Waals surface area contributed by atoms with Gasteiger partial charge in [0.25, 0.3) is 0 Å². The highest BCUT2D eigenvalue weighted by atomic mass is 16.6. The van der Waals surface area contributed by atoms with Crippen LogP contribution in [0.1, 0.15) is 27.7 Å². The molecule has 0 radical (unpaired) electrons. The number of amides is 1. The number of carbonyl (C=O) groups is 3. The van der Waals surface area contributed by atoms with Crippen molar-refractivity contribution >= 4 is 17.8 Å². The van der Waals surface area contributed by atoms with Crippen LogP contribution in [0.3, 0.4) is 0 Å². The first-order chi connectivity index (χ1) is 9.65. The number of hydrogen-bond acceptors (Lipinski definition) is 5. The summed E-state index contributed by atoms with van der Waals surface area (Å²) >= 11 is 0. The van der Waals surface area contributed by atoms with Crippen LogP contribution >= 0.6 is 0 Å². The van der Waals surface area contributed by atoms with Crippen LogP contribution in [0.2, 0.25) is 0 Å². The van der Waals surface area contributed by atoms with E-state index in [2.05, 4.69) is 10.1 Å². The van der Waals surface area contributed by atoms with Crippen molar-refractivity contribution < 1.29 is 23.9 Å². The predicted octanol–water partition coefficient (Wildman–Crippen LogP) is 1.75. The summed E-state index contributed by atoms with van der Waals surface area (Å²) in [6, 6.07) is -0.918. The van der Waals surface area contributed by atoms with Gasteiger partial charge < -0.3 is 14.8 Å². The normalized spacial score (nSPS) is 19.6. The zero-order chi connectivity index (χ0) is 16.2. The fourth-order valence-electron chi connectivity index (χ4n) is 1.90. The zero-order valence-electron chi connectivity index (χ0n) is 12.9. The van der Waals surface area contributed by atoms with Crippen molar-refractivity contribution in [3.63, 3.8) is 0 Å². The van der Waals surface area contributed by atoms with Crippen LogP contribution in [0, 0.1) is 5.92 Å². The molecule has 6 heteroatoms. The van der Waals surface area contributed by atoms with Crippen LogP contribution in [0.25, 0.3) is 0 Å². The number of allylic oxidation sites excluding steroid dienone is 2. The van der Waals surface area contributed by atoms with Gasteiger partial charge in [0.15, 0.2) is 5.78 Å². The lowest BCUT2D eigenvalue weighted by Crippen LogP contribution is -2.46. The minimum Gasteiger partial charge on any atom is -0.469 e. The van der Waals surface area contributed by atoms with Crippen LogP contribution in [0.5, 0.6) is 0 Å². The van der Waals surface area contributed by atoms with Gasteiger partial charge in [0, 0.05) is 0 Å². The standard InChI is InChI=1S/C15H21NO5/c1-9(13(18)20-5)10-7-6-8-11(17)12(10)16-14(19)21-15(2,3)4/h6-9,12H,1-5H3,(H,16,19). The molecule has 0 aromatic heterocycles. The maximum atomic E-state index is 12.0. The third-order valence-corrected chi connectivity index (χ3v) is 2.88. The Morgan fingerprint density at radius 3 is 2.48 bits per heavy atom. The van der Waals surface area contributed by atoms with Crippen LogP contribution < -0.4 is 5.32 Å². The second-order valence-electron chi connectivity index (χ2n) is 5.75. The van der Waals surface area contributed by atoms with E-state index < -0.39 is 29.6 Å². The summed E-state index contributed by atoms with van der Waals surface area (Å²) in [5.41, 5.74) is -0.199. The summed E-state index contributed by atoms with van der Waals surface area (Å²) in [7, 11) is 1.27. The molecule has 1 aliphatic rings. The van der Waals surface area contributed by atoms with Crippen LogP contribution in [-0.4, -0.2) is 36.6 Å². The number of nitrogens with one attached hydrogen (secondary N) is 1. The summed E-state index contributed by atoms with van der Waals surface area (Å²) in [6.45, 7) is 6.79. The van der Waals surface area contributed by atoms with E-state index in [1.165, 1.54) is 13.2 Å². The Bertz CT molecular complexity index is 499. The van der Waals surface area contributed by atoms with Crippen LogP contribution in [0.15, 0.2) is 23.8 Å². The van der Waals surface area contributed by atoms with E-state index in [-0.39, 0.29) is 5.78 Å². The zero-order valence-corrected chi connectivity index (χ0v) is 12.9. The van der Waals surface area contributed by atoms with E-state index in [0.29, 0.717) is 5.57 Å². The van der Waals surface area contributed by atoms with Gasteiger partial charge in [0.05, 0.1) is 13.0 Å². The third kappa shape index (κ3) is 4.73. The Hall–Kier alpha value is -2.11. The Balaban J connectivity index is 2.89. The maximum Gasteiger partial charge on any atom is 0.408 e. The molecule has 21 heavy (non-hydrogen) atoms. The second kappa shape index (κ2) is 6.56. The minimum absolute atomic E-state index is 0.311. The maximum absolute atomic E-state index is 12.0. The molecule has 1 N–H and O–H groups in total. The molecule has 1 amide bonds. The highest BCUT2D eigenvalue weighted by Crippen LogP contribution is 2.21. The molecule has 0 aliphatic heterocycles. The van der Waals surface area contributed by atoms with Crippen molar-refractivity contribution in [2.75, 3.05) is 7.11 Å². The molecule has 2 atom stereocenters. The number of ether oxygens (including phenoxy) is 2. The molecular weight excluding hydrogens is 274 g/mol. The SMILES string of the molecule is COC(=O)C(C)C1=CC=CC(=O)C1NC(=O)OC(C)(C)C. The molecule has 0 bridgehead atoms. The van der Waals surface area contributed by atoms with Crippen molar-refractivity contribution in [1.29, 1.82) is 0 Å². The summed E-state index contributed by atoms with van der Waals surface area (Å²) in [6.07, 6.45) is 3.81. The Kier molecular flexibility index (Phi) is 5.29. The summed E-state index contributed by atoms with van der Waals surface area (Å²) in [5, 5.41) is 2.50. The average molecular weight is 295 g/mol. The first kappa shape index (κ1) is 16.9. The van der Waals surface area contributed by atoms with Crippen molar-refractivity contribution in [1.82, 2.24) is 5.32 Å². The van der Waals surface area contributed by atoms with E-state index in [1.807, 2.05) is 0 Å². The van der Waals surface area contributed by atoms with Gasteiger partial charge >= 0.3 is 12.1 Å². The number of alkyl carbamates (subject to hydrolysis) is 1. The topological polar surface area (TPSA) is 81.7 Å². The molecule has 0 fully saturated rings. The van der Waals surface area contributed by atoms with Crippen LogP contribution in [0.4, 0.5) is 4.79 Å². The van der Waals surface area contributed by atoms with Gasteiger partial charge in [-0.1, -0.05) is 12.2 Å².